The Bertz CT molecular complexity index is 807. The number of aromatic nitrogens is 3. The van der Waals surface area contributed by atoms with E-state index in [1.165, 1.54) is 6.08 Å². The summed E-state index contributed by atoms with van der Waals surface area (Å²) in [6.07, 6.45) is 3.20. The molecule has 2 aromatic heterocycles. The van der Waals surface area contributed by atoms with Crippen molar-refractivity contribution in [1.29, 1.82) is 0 Å². The summed E-state index contributed by atoms with van der Waals surface area (Å²) in [6.45, 7) is 0. The second-order valence-electron chi connectivity index (χ2n) is 4.57. The second-order valence-corrected chi connectivity index (χ2v) is 5.55. The van der Waals surface area contributed by atoms with Crippen LogP contribution >= 0.6 is 11.3 Å². The van der Waals surface area contributed by atoms with Crippen LogP contribution in [-0.2, 0) is 4.79 Å². The number of rotatable bonds is 5. The molecule has 6 nitrogen and oxygen atoms in total. The fourth-order valence-electron chi connectivity index (χ4n) is 1.89. The van der Waals surface area contributed by atoms with Crippen molar-refractivity contribution in [2.45, 2.75) is 0 Å². The number of benzene rings is 1. The number of aromatic amines is 1. The van der Waals surface area contributed by atoms with E-state index in [0.717, 1.165) is 16.2 Å². The van der Waals surface area contributed by atoms with Gasteiger partial charge in [-0.3, -0.25) is 15.2 Å². The number of H-pyrrole nitrogens is 1. The third kappa shape index (κ3) is 3.83. The van der Waals surface area contributed by atoms with Crippen LogP contribution in [0.3, 0.4) is 0 Å². The van der Waals surface area contributed by atoms with Gasteiger partial charge in [-0.2, -0.15) is 4.98 Å². The maximum Gasteiger partial charge on any atom is 0.250 e. The summed E-state index contributed by atoms with van der Waals surface area (Å²) in [5.74, 6) is 1.29. The standard InChI is InChI=1S/C16H14N4O2S/c1-22-12-6-4-11(5-7-12)15-18-16(20-19-15)17-14(21)9-8-13-3-2-10-23-13/h2-10H,1H3,(H2,17,18,19,20,21). The summed E-state index contributed by atoms with van der Waals surface area (Å²) in [4.78, 5) is 17.1. The predicted octanol–water partition coefficient (Wildman–Crippen LogP) is 3.19. The average Bonchev–Trinajstić information content (AvgIpc) is 3.25. The van der Waals surface area contributed by atoms with E-state index in [1.807, 2.05) is 41.8 Å². The lowest BCUT2D eigenvalue weighted by Gasteiger charge is -1.99. The fraction of sp³-hybridized carbons (Fsp3) is 0.0625. The van der Waals surface area contributed by atoms with E-state index in [4.69, 9.17) is 4.74 Å². The van der Waals surface area contributed by atoms with Crippen LogP contribution in [0.1, 0.15) is 4.88 Å². The number of methoxy groups -OCH3 is 1. The van der Waals surface area contributed by atoms with Gasteiger partial charge in [0.05, 0.1) is 7.11 Å². The Balaban J connectivity index is 1.65. The zero-order chi connectivity index (χ0) is 16.1. The molecular weight excluding hydrogens is 312 g/mol. The summed E-state index contributed by atoms with van der Waals surface area (Å²) in [7, 11) is 1.61. The minimum absolute atomic E-state index is 0.233. The molecule has 0 saturated carbocycles. The zero-order valence-corrected chi connectivity index (χ0v) is 13.1. The number of hydrogen-bond donors (Lipinski definition) is 2. The molecule has 7 heteroatoms. The molecule has 3 aromatic rings. The smallest absolute Gasteiger partial charge is 0.250 e. The SMILES string of the molecule is COc1ccc(-c2nc(NC(=O)C=Cc3cccs3)n[nH]2)cc1. The summed E-state index contributed by atoms with van der Waals surface area (Å²) < 4.78 is 5.11. The van der Waals surface area contributed by atoms with Gasteiger partial charge in [0, 0.05) is 16.5 Å². The molecule has 0 atom stereocenters. The minimum atomic E-state index is -0.279. The summed E-state index contributed by atoms with van der Waals surface area (Å²) in [5, 5.41) is 11.4. The lowest BCUT2D eigenvalue weighted by atomic mass is 10.2. The number of carbonyl (C=O) groups is 1. The van der Waals surface area contributed by atoms with Gasteiger partial charge < -0.3 is 4.74 Å². The molecule has 23 heavy (non-hydrogen) atoms. The molecule has 2 N–H and O–H groups in total. The van der Waals surface area contributed by atoms with E-state index in [9.17, 15) is 4.79 Å². The molecule has 0 spiro atoms. The summed E-state index contributed by atoms with van der Waals surface area (Å²) in [6, 6.07) is 11.3. The fourth-order valence-corrected chi connectivity index (χ4v) is 2.51. The first-order chi connectivity index (χ1) is 11.2. The Morgan fingerprint density at radius 1 is 1.30 bits per heavy atom. The van der Waals surface area contributed by atoms with Crippen molar-refractivity contribution in [3.63, 3.8) is 0 Å². The number of hydrogen-bond acceptors (Lipinski definition) is 5. The van der Waals surface area contributed by atoms with E-state index in [2.05, 4.69) is 20.5 Å². The van der Waals surface area contributed by atoms with Crippen LogP contribution in [0.2, 0.25) is 0 Å². The van der Waals surface area contributed by atoms with Crippen molar-refractivity contribution in [3.8, 4) is 17.1 Å². The Labute approximate surface area is 136 Å². The molecule has 0 aliphatic heterocycles. The number of thiophene rings is 1. The van der Waals surface area contributed by atoms with Crippen molar-refractivity contribution in [1.82, 2.24) is 15.2 Å². The molecule has 1 aromatic carbocycles. The highest BCUT2D eigenvalue weighted by Gasteiger charge is 2.07. The Kier molecular flexibility index (Phi) is 4.49. The van der Waals surface area contributed by atoms with Crippen molar-refractivity contribution >= 4 is 29.3 Å². The van der Waals surface area contributed by atoms with E-state index in [0.29, 0.717) is 5.82 Å². The van der Waals surface area contributed by atoms with Crippen LogP contribution in [0.25, 0.3) is 17.5 Å². The predicted molar refractivity (Wildman–Crippen MR) is 90.4 cm³/mol. The van der Waals surface area contributed by atoms with Gasteiger partial charge in [0.25, 0.3) is 5.91 Å². The van der Waals surface area contributed by atoms with Gasteiger partial charge in [-0.1, -0.05) is 6.07 Å². The van der Waals surface area contributed by atoms with E-state index in [1.54, 1.807) is 24.5 Å². The number of anilines is 1. The van der Waals surface area contributed by atoms with Gasteiger partial charge in [-0.05, 0) is 41.8 Å². The highest BCUT2D eigenvalue weighted by Crippen LogP contribution is 2.19. The third-order valence-electron chi connectivity index (χ3n) is 3.03. The molecule has 116 valence electrons. The maximum absolute atomic E-state index is 11.8. The lowest BCUT2D eigenvalue weighted by molar-refractivity contribution is -0.111. The average molecular weight is 326 g/mol. The molecule has 0 fully saturated rings. The molecule has 0 aliphatic carbocycles. The van der Waals surface area contributed by atoms with Crippen LogP contribution in [0.5, 0.6) is 5.75 Å². The number of nitrogens with one attached hydrogen (secondary N) is 2. The van der Waals surface area contributed by atoms with Crippen LogP contribution < -0.4 is 10.1 Å². The first-order valence-electron chi connectivity index (χ1n) is 6.84. The van der Waals surface area contributed by atoms with Crippen LogP contribution in [-0.4, -0.2) is 28.2 Å². The highest BCUT2D eigenvalue weighted by atomic mass is 32.1. The molecule has 0 bridgehead atoms. The van der Waals surface area contributed by atoms with Crippen molar-refractivity contribution in [3.05, 3.63) is 52.7 Å². The maximum atomic E-state index is 11.8. The number of amides is 1. The van der Waals surface area contributed by atoms with Crippen LogP contribution in [0, 0.1) is 0 Å². The minimum Gasteiger partial charge on any atom is -0.497 e. The number of carbonyl (C=O) groups excluding carboxylic acids is 1. The number of nitrogens with zero attached hydrogens (tertiary/aromatic N) is 2. The van der Waals surface area contributed by atoms with Crippen molar-refractivity contribution in [2.75, 3.05) is 12.4 Å². The van der Waals surface area contributed by atoms with Crippen molar-refractivity contribution in [2.24, 2.45) is 0 Å². The van der Waals surface area contributed by atoms with E-state index in [-0.39, 0.29) is 11.9 Å². The molecule has 3 rings (SSSR count). The monoisotopic (exact) mass is 326 g/mol. The molecule has 0 saturated heterocycles. The van der Waals surface area contributed by atoms with Gasteiger partial charge in [0.1, 0.15) is 5.75 Å². The largest absolute Gasteiger partial charge is 0.497 e. The molecule has 0 aliphatic rings. The van der Waals surface area contributed by atoms with E-state index < -0.39 is 0 Å². The Hall–Kier alpha value is -2.93. The molecule has 0 radical (unpaired) electrons. The normalized spacial score (nSPS) is 10.8. The quantitative estimate of drug-likeness (QED) is 0.706. The molecule has 1 amide bonds. The van der Waals surface area contributed by atoms with Crippen LogP contribution in [0.4, 0.5) is 5.95 Å². The zero-order valence-electron chi connectivity index (χ0n) is 12.3. The highest BCUT2D eigenvalue weighted by molar-refractivity contribution is 7.10. The van der Waals surface area contributed by atoms with Gasteiger partial charge in [0.2, 0.25) is 5.95 Å². The first kappa shape index (κ1) is 15.0. The number of ether oxygens (including phenoxy) is 1. The lowest BCUT2D eigenvalue weighted by Crippen LogP contribution is -2.08. The second kappa shape index (κ2) is 6.89. The Morgan fingerprint density at radius 3 is 2.83 bits per heavy atom. The Morgan fingerprint density at radius 2 is 2.13 bits per heavy atom. The topological polar surface area (TPSA) is 79.9 Å². The van der Waals surface area contributed by atoms with Gasteiger partial charge in [-0.25, -0.2) is 0 Å². The molecule has 2 heterocycles. The van der Waals surface area contributed by atoms with Gasteiger partial charge in [-0.15, -0.1) is 16.4 Å². The third-order valence-corrected chi connectivity index (χ3v) is 3.86. The molecular formula is C16H14N4O2S. The molecule has 0 unspecified atom stereocenters. The van der Waals surface area contributed by atoms with Gasteiger partial charge >= 0.3 is 0 Å². The van der Waals surface area contributed by atoms with E-state index >= 15 is 0 Å². The summed E-state index contributed by atoms with van der Waals surface area (Å²) >= 11 is 1.56. The first-order valence-corrected chi connectivity index (χ1v) is 7.72. The van der Waals surface area contributed by atoms with Crippen molar-refractivity contribution < 1.29 is 9.53 Å². The summed E-state index contributed by atoms with van der Waals surface area (Å²) in [5.41, 5.74) is 0.855. The van der Waals surface area contributed by atoms with Crippen LogP contribution in [0.15, 0.2) is 47.9 Å². The van der Waals surface area contributed by atoms with Gasteiger partial charge in [0.15, 0.2) is 5.82 Å².